The van der Waals surface area contributed by atoms with Gasteiger partial charge in [-0.2, -0.15) is 0 Å². The third kappa shape index (κ3) is 2.00. The molecule has 1 aromatic rings. The second-order valence-electron chi connectivity index (χ2n) is 4.56. The van der Waals surface area contributed by atoms with E-state index in [2.05, 4.69) is 0 Å². The number of halogens is 1. The van der Waals surface area contributed by atoms with Gasteiger partial charge in [0.25, 0.3) is 0 Å². The molecule has 0 unspecified atom stereocenters. The molecule has 2 N–H and O–H groups in total. The minimum Gasteiger partial charge on any atom is -0.329 e. The van der Waals surface area contributed by atoms with Crippen LogP contribution < -0.4 is 5.73 Å². The Balaban J connectivity index is 2.18. The van der Waals surface area contributed by atoms with Gasteiger partial charge in [0, 0.05) is 18.4 Å². The zero-order valence-corrected chi connectivity index (χ0v) is 9.21. The Hall–Kier alpha value is -1.22. The van der Waals surface area contributed by atoms with Crippen molar-refractivity contribution in [2.75, 3.05) is 6.54 Å². The minimum atomic E-state index is -0.391. The standard InChI is InChI=1S/C13H16FNO/c14-11-5-3-10(4-6-11)8-13(9-15)7-1-2-12(13)16/h3-6H,1-2,7-9,15H2/t13-/m0/s1. The normalized spacial score (nSPS) is 25.0. The maximum absolute atomic E-state index is 12.8. The molecule has 0 bridgehead atoms. The van der Waals surface area contributed by atoms with E-state index in [1.54, 1.807) is 12.1 Å². The molecule has 3 heteroatoms. The molecule has 2 nitrogen and oxygen atoms in total. The summed E-state index contributed by atoms with van der Waals surface area (Å²) in [6, 6.07) is 6.33. The predicted molar refractivity (Wildman–Crippen MR) is 60.4 cm³/mol. The Labute approximate surface area is 94.6 Å². The van der Waals surface area contributed by atoms with Crippen LogP contribution in [0.5, 0.6) is 0 Å². The Morgan fingerprint density at radius 1 is 1.31 bits per heavy atom. The molecular weight excluding hydrogens is 205 g/mol. The molecular formula is C13H16FNO. The monoisotopic (exact) mass is 221 g/mol. The average Bonchev–Trinajstić information content (AvgIpc) is 2.64. The van der Waals surface area contributed by atoms with Crippen LogP contribution in [-0.2, 0) is 11.2 Å². The highest BCUT2D eigenvalue weighted by molar-refractivity contribution is 5.87. The fourth-order valence-corrected chi connectivity index (χ4v) is 2.46. The van der Waals surface area contributed by atoms with Crippen molar-refractivity contribution in [3.63, 3.8) is 0 Å². The number of Topliss-reactive ketones (excluding diaryl/α,β-unsaturated/α-hetero) is 1. The Bertz CT molecular complexity index is 387. The zero-order valence-electron chi connectivity index (χ0n) is 9.21. The molecule has 1 saturated carbocycles. The van der Waals surface area contributed by atoms with Gasteiger partial charge in [-0.15, -0.1) is 0 Å². The lowest BCUT2D eigenvalue weighted by Gasteiger charge is -2.25. The fraction of sp³-hybridized carbons (Fsp3) is 0.462. The Morgan fingerprint density at radius 3 is 2.50 bits per heavy atom. The highest BCUT2D eigenvalue weighted by Gasteiger charge is 2.40. The van der Waals surface area contributed by atoms with Gasteiger partial charge in [0.15, 0.2) is 0 Å². The summed E-state index contributed by atoms with van der Waals surface area (Å²) < 4.78 is 12.8. The number of hydrogen-bond donors (Lipinski definition) is 1. The number of carbonyl (C=O) groups excluding carboxylic acids is 1. The van der Waals surface area contributed by atoms with Gasteiger partial charge < -0.3 is 5.73 Å². The zero-order chi connectivity index (χ0) is 11.6. The van der Waals surface area contributed by atoms with E-state index in [1.165, 1.54) is 12.1 Å². The molecule has 0 spiro atoms. The topological polar surface area (TPSA) is 43.1 Å². The van der Waals surface area contributed by atoms with Crippen molar-refractivity contribution in [3.05, 3.63) is 35.6 Å². The van der Waals surface area contributed by atoms with Gasteiger partial charge in [-0.1, -0.05) is 12.1 Å². The highest BCUT2D eigenvalue weighted by Crippen LogP contribution is 2.37. The lowest BCUT2D eigenvalue weighted by molar-refractivity contribution is -0.125. The van der Waals surface area contributed by atoms with Crippen LogP contribution in [0, 0.1) is 11.2 Å². The summed E-state index contributed by atoms with van der Waals surface area (Å²) in [4.78, 5) is 11.8. The third-order valence-electron chi connectivity index (χ3n) is 3.50. The van der Waals surface area contributed by atoms with Crippen molar-refractivity contribution in [3.8, 4) is 0 Å². The number of carbonyl (C=O) groups is 1. The SMILES string of the molecule is NC[C@@]1(Cc2ccc(F)cc2)CCCC1=O. The van der Waals surface area contributed by atoms with E-state index in [-0.39, 0.29) is 11.6 Å². The summed E-state index contributed by atoms with van der Waals surface area (Å²) in [5.74, 6) is 0.0163. The molecule has 1 aliphatic rings. The van der Waals surface area contributed by atoms with Crippen LogP contribution in [0.2, 0.25) is 0 Å². The van der Waals surface area contributed by atoms with Crippen LogP contribution in [0.25, 0.3) is 0 Å². The van der Waals surface area contributed by atoms with Crippen molar-refractivity contribution in [2.45, 2.75) is 25.7 Å². The highest BCUT2D eigenvalue weighted by atomic mass is 19.1. The fourth-order valence-electron chi connectivity index (χ4n) is 2.46. The van der Waals surface area contributed by atoms with Gasteiger partial charge in [-0.25, -0.2) is 4.39 Å². The van der Waals surface area contributed by atoms with E-state index in [1.807, 2.05) is 0 Å². The number of rotatable bonds is 3. The number of ketones is 1. The molecule has 0 radical (unpaired) electrons. The molecule has 1 atom stereocenters. The van der Waals surface area contributed by atoms with Crippen LogP contribution >= 0.6 is 0 Å². The van der Waals surface area contributed by atoms with E-state index >= 15 is 0 Å². The van der Waals surface area contributed by atoms with Crippen LogP contribution in [0.3, 0.4) is 0 Å². The van der Waals surface area contributed by atoms with Crippen molar-refractivity contribution in [2.24, 2.45) is 11.1 Å². The first-order valence-corrected chi connectivity index (χ1v) is 5.64. The summed E-state index contributed by atoms with van der Waals surface area (Å²) in [5, 5.41) is 0. The first kappa shape index (κ1) is 11.3. The molecule has 16 heavy (non-hydrogen) atoms. The Morgan fingerprint density at radius 2 is 2.00 bits per heavy atom. The molecule has 0 aliphatic heterocycles. The van der Waals surface area contributed by atoms with E-state index in [9.17, 15) is 9.18 Å². The molecule has 0 aromatic heterocycles. The van der Waals surface area contributed by atoms with Crippen molar-refractivity contribution >= 4 is 5.78 Å². The van der Waals surface area contributed by atoms with Crippen LogP contribution in [0.15, 0.2) is 24.3 Å². The lowest BCUT2D eigenvalue weighted by Crippen LogP contribution is -2.36. The van der Waals surface area contributed by atoms with Crippen LogP contribution in [-0.4, -0.2) is 12.3 Å². The van der Waals surface area contributed by atoms with Gasteiger partial charge in [-0.05, 0) is 37.0 Å². The second-order valence-corrected chi connectivity index (χ2v) is 4.56. The van der Waals surface area contributed by atoms with Crippen LogP contribution in [0.1, 0.15) is 24.8 Å². The van der Waals surface area contributed by atoms with Crippen LogP contribution in [0.4, 0.5) is 4.39 Å². The summed E-state index contributed by atoms with van der Waals surface area (Å²) in [5.41, 5.74) is 6.34. The molecule has 1 fully saturated rings. The average molecular weight is 221 g/mol. The second kappa shape index (κ2) is 4.34. The summed E-state index contributed by atoms with van der Waals surface area (Å²) in [6.45, 7) is 0.392. The van der Waals surface area contributed by atoms with E-state index in [0.29, 0.717) is 19.4 Å². The molecule has 1 aliphatic carbocycles. The Kier molecular flexibility index (Phi) is 3.06. The first-order chi connectivity index (χ1) is 7.66. The minimum absolute atomic E-state index is 0.247. The van der Waals surface area contributed by atoms with E-state index in [0.717, 1.165) is 18.4 Å². The third-order valence-corrected chi connectivity index (χ3v) is 3.50. The number of nitrogens with two attached hydrogens (primary N) is 1. The maximum atomic E-state index is 12.8. The predicted octanol–water partition coefficient (Wildman–Crippen LogP) is 2.07. The van der Waals surface area contributed by atoms with Gasteiger partial charge in [0.05, 0.1) is 0 Å². The van der Waals surface area contributed by atoms with E-state index < -0.39 is 5.41 Å². The quantitative estimate of drug-likeness (QED) is 0.849. The maximum Gasteiger partial charge on any atom is 0.140 e. The summed E-state index contributed by atoms with van der Waals surface area (Å²) in [7, 11) is 0. The van der Waals surface area contributed by atoms with Gasteiger partial charge in [0.1, 0.15) is 11.6 Å². The van der Waals surface area contributed by atoms with Crippen molar-refractivity contribution in [1.29, 1.82) is 0 Å². The molecule has 0 saturated heterocycles. The van der Waals surface area contributed by atoms with Gasteiger partial charge >= 0.3 is 0 Å². The molecule has 2 rings (SSSR count). The van der Waals surface area contributed by atoms with E-state index in [4.69, 9.17) is 5.73 Å². The van der Waals surface area contributed by atoms with Crippen molar-refractivity contribution in [1.82, 2.24) is 0 Å². The number of benzene rings is 1. The summed E-state index contributed by atoms with van der Waals surface area (Å²) in [6.07, 6.45) is 3.07. The smallest absolute Gasteiger partial charge is 0.140 e. The van der Waals surface area contributed by atoms with Gasteiger partial charge in [0.2, 0.25) is 0 Å². The lowest BCUT2D eigenvalue weighted by atomic mass is 9.79. The molecule has 0 amide bonds. The largest absolute Gasteiger partial charge is 0.329 e. The van der Waals surface area contributed by atoms with Crippen molar-refractivity contribution < 1.29 is 9.18 Å². The molecule has 1 aromatic carbocycles. The van der Waals surface area contributed by atoms with Gasteiger partial charge in [-0.3, -0.25) is 4.79 Å². The molecule has 0 heterocycles. The first-order valence-electron chi connectivity index (χ1n) is 5.64. The summed E-state index contributed by atoms with van der Waals surface area (Å²) >= 11 is 0. The number of hydrogen-bond acceptors (Lipinski definition) is 2. The molecule has 86 valence electrons.